The van der Waals surface area contributed by atoms with Crippen molar-refractivity contribution >= 4 is 23.5 Å². The molecule has 2 saturated carbocycles. The number of nitrogens with zero attached hydrogens (tertiary/aromatic N) is 1. The summed E-state index contributed by atoms with van der Waals surface area (Å²) in [6, 6.07) is 8.35. The molecule has 4 nitrogen and oxygen atoms in total. The zero-order chi connectivity index (χ0) is 17.2. The van der Waals surface area contributed by atoms with Gasteiger partial charge >= 0.3 is 0 Å². The van der Waals surface area contributed by atoms with E-state index in [0.717, 1.165) is 35.0 Å². The lowest BCUT2D eigenvalue weighted by atomic mass is 9.79. The number of allylic oxidation sites excluding steroid dienone is 2. The maximum absolute atomic E-state index is 5.44. The van der Waals surface area contributed by atoms with Gasteiger partial charge in [0.05, 0.1) is 12.8 Å². The third kappa shape index (κ3) is 3.43. The molecule has 1 aromatic carbocycles. The minimum Gasteiger partial charge on any atom is -0.494 e. The van der Waals surface area contributed by atoms with Crippen molar-refractivity contribution in [2.75, 3.05) is 6.61 Å². The number of benzene rings is 1. The molecule has 0 saturated heterocycles. The first-order valence-electron chi connectivity index (χ1n) is 9.23. The Morgan fingerprint density at radius 3 is 2.92 bits per heavy atom. The lowest BCUT2D eigenvalue weighted by Gasteiger charge is -2.32. The first-order chi connectivity index (χ1) is 12.2. The minimum atomic E-state index is 0.495. The van der Waals surface area contributed by atoms with E-state index < -0.39 is 0 Å². The third-order valence-electron chi connectivity index (χ3n) is 5.90. The molecule has 0 radical (unpaired) electrons. The zero-order valence-corrected chi connectivity index (χ0v) is 15.3. The zero-order valence-electron chi connectivity index (χ0n) is 14.5. The molecule has 2 bridgehead atoms. The highest BCUT2D eigenvalue weighted by atomic mass is 32.1. The molecule has 0 aliphatic heterocycles. The van der Waals surface area contributed by atoms with Gasteiger partial charge < -0.3 is 10.1 Å². The quantitative estimate of drug-likeness (QED) is 0.367. The van der Waals surface area contributed by atoms with E-state index in [1.165, 1.54) is 19.3 Å². The van der Waals surface area contributed by atoms with Gasteiger partial charge in [0.25, 0.3) is 0 Å². The predicted molar refractivity (Wildman–Crippen MR) is 105 cm³/mol. The second kappa shape index (κ2) is 7.16. The maximum Gasteiger partial charge on any atom is 0.187 e. The van der Waals surface area contributed by atoms with Gasteiger partial charge in [-0.1, -0.05) is 12.2 Å². The maximum atomic E-state index is 5.44. The molecule has 0 spiro atoms. The summed E-state index contributed by atoms with van der Waals surface area (Å²) < 4.78 is 5.44. The molecule has 25 heavy (non-hydrogen) atoms. The van der Waals surface area contributed by atoms with Crippen molar-refractivity contribution in [3.8, 4) is 5.75 Å². The Kier molecular flexibility index (Phi) is 4.75. The Hall–Kier alpha value is -1.88. The van der Waals surface area contributed by atoms with Crippen LogP contribution >= 0.6 is 12.2 Å². The van der Waals surface area contributed by atoms with E-state index in [1.54, 1.807) is 6.21 Å². The highest BCUT2D eigenvalue weighted by Crippen LogP contribution is 2.56. The topological polar surface area (TPSA) is 45.6 Å². The second-order valence-corrected chi connectivity index (χ2v) is 7.66. The molecule has 0 unspecified atom stereocenters. The Bertz CT molecular complexity index is 685. The summed E-state index contributed by atoms with van der Waals surface area (Å²) >= 11 is 5.42. The lowest BCUT2D eigenvalue weighted by molar-refractivity contribution is 0.246. The van der Waals surface area contributed by atoms with Gasteiger partial charge in [0.2, 0.25) is 0 Å². The Labute approximate surface area is 154 Å². The predicted octanol–water partition coefficient (Wildman–Crippen LogP) is 3.48. The number of ether oxygens (including phenoxy) is 1. The van der Waals surface area contributed by atoms with Crippen molar-refractivity contribution in [2.24, 2.45) is 28.8 Å². The monoisotopic (exact) mass is 355 g/mol. The second-order valence-electron chi connectivity index (χ2n) is 7.25. The van der Waals surface area contributed by atoms with Crippen molar-refractivity contribution in [1.82, 2.24) is 10.7 Å². The number of hydrogen-bond acceptors (Lipinski definition) is 3. The van der Waals surface area contributed by atoms with Crippen LogP contribution in [0.3, 0.4) is 0 Å². The number of nitrogens with one attached hydrogen (secondary N) is 2. The van der Waals surface area contributed by atoms with E-state index >= 15 is 0 Å². The fourth-order valence-electron chi connectivity index (χ4n) is 4.89. The van der Waals surface area contributed by atoms with Gasteiger partial charge in [0.1, 0.15) is 5.75 Å². The molecule has 2 N–H and O–H groups in total. The molecule has 3 aliphatic carbocycles. The van der Waals surface area contributed by atoms with Crippen molar-refractivity contribution in [1.29, 1.82) is 0 Å². The fraction of sp³-hybridized carbons (Fsp3) is 0.500. The standard InChI is InChI=1S/C20H25N3OS/c1-2-24-15-8-6-13(7-9-15)12-21-23-20(25)22-19-11-14-10-18(19)17-5-3-4-16(14)17/h3,5-9,12,14,16-19H,2,4,10-11H2,1H3,(H2,22,23,25)/b21-12-/t14-,16+,17+,18+,19-/m0/s1. The largest absolute Gasteiger partial charge is 0.494 e. The van der Waals surface area contributed by atoms with Crippen LogP contribution in [0.15, 0.2) is 41.5 Å². The van der Waals surface area contributed by atoms with Gasteiger partial charge in [-0.2, -0.15) is 5.10 Å². The van der Waals surface area contributed by atoms with Gasteiger partial charge in [-0.3, -0.25) is 5.43 Å². The van der Waals surface area contributed by atoms with Gasteiger partial charge in [0, 0.05) is 6.04 Å². The van der Waals surface area contributed by atoms with Crippen LogP contribution in [0.2, 0.25) is 0 Å². The third-order valence-corrected chi connectivity index (χ3v) is 6.11. The average Bonchev–Trinajstić information content (AvgIpc) is 3.29. The van der Waals surface area contributed by atoms with Gasteiger partial charge in [0.15, 0.2) is 5.11 Å². The summed E-state index contributed by atoms with van der Waals surface area (Å²) in [5.74, 6) is 4.16. The van der Waals surface area contributed by atoms with Crippen LogP contribution < -0.4 is 15.5 Å². The Morgan fingerprint density at radius 2 is 2.12 bits per heavy atom. The highest BCUT2D eigenvalue weighted by molar-refractivity contribution is 7.80. The molecule has 4 rings (SSSR count). The van der Waals surface area contributed by atoms with Crippen LogP contribution in [0.1, 0.15) is 31.7 Å². The van der Waals surface area contributed by atoms with Crippen LogP contribution in [0.25, 0.3) is 0 Å². The number of rotatable bonds is 5. The molecule has 5 heteroatoms. The minimum absolute atomic E-state index is 0.495. The van der Waals surface area contributed by atoms with E-state index in [4.69, 9.17) is 17.0 Å². The lowest BCUT2D eigenvalue weighted by Crippen LogP contribution is -2.45. The molecule has 0 aromatic heterocycles. The molecular weight excluding hydrogens is 330 g/mol. The van der Waals surface area contributed by atoms with Gasteiger partial charge in [-0.25, -0.2) is 0 Å². The number of hydrogen-bond donors (Lipinski definition) is 2. The van der Waals surface area contributed by atoms with Crippen LogP contribution in [-0.2, 0) is 0 Å². The van der Waals surface area contributed by atoms with E-state index in [-0.39, 0.29) is 0 Å². The molecule has 0 heterocycles. The first kappa shape index (κ1) is 16.6. The van der Waals surface area contributed by atoms with Gasteiger partial charge in [-0.15, -0.1) is 0 Å². The summed E-state index contributed by atoms with van der Waals surface area (Å²) in [5.41, 5.74) is 3.97. The van der Waals surface area contributed by atoms with Crippen LogP contribution in [0.4, 0.5) is 0 Å². The summed E-state index contributed by atoms with van der Waals surface area (Å²) in [5, 5.41) is 8.37. The van der Waals surface area contributed by atoms with Gasteiger partial charge in [-0.05, 0) is 91.9 Å². The average molecular weight is 356 g/mol. The Balaban J connectivity index is 1.26. The van der Waals surface area contributed by atoms with Crippen molar-refractivity contribution in [2.45, 2.75) is 32.2 Å². The van der Waals surface area contributed by atoms with E-state index in [9.17, 15) is 0 Å². The van der Waals surface area contributed by atoms with Crippen molar-refractivity contribution in [3.05, 3.63) is 42.0 Å². The number of thiocarbonyl (C=S) groups is 1. The van der Waals surface area contributed by atoms with E-state index in [1.807, 2.05) is 31.2 Å². The SMILES string of the molecule is CCOc1ccc(/C=N\NC(=S)N[C@H]2C[C@@H]3C[C@@H]2[C@@H]2C=CC[C@H]32)cc1. The van der Waals surface area contributed by atoms with Crippen molar-refractivity contribution in [3.63, 3.8) is 0 Å². The summed E-state index contributed by atoms with van der Waals surface area (Å²) in [6.07, 6.45) is 10.5. The molecule has 1 aromatic rings. The molecule has 0 amide bonds. The molecule has 2 fully saturated rings. The molecule has 5 atom stereocenters. The summed E-state index contributed by atoms with van der Waals surface area (Å²) in [4.78, 5) is 0. The number of hydrazone groups is 1. The van der Waals surface area contributed by atoms with Crippen LogP contribution in [0.5, 0.6) is 5.75 Å². The molecule has 3 aliphatic rings. The normalized spacial score (nSPS) is 32.1. The first-order valence-corrected chi connectivity index (χ1v) is 9.64. The summed E-state index contributed by atoms with van der Waals surface area (Å²) in [7, 11) is 0. The van der Waals surface area contributed by atoms with E-state index in [2.05, 4.69) is 28.0 Å². The smallest absolute Gasteiger partial charge is 0.187 e. The Morgan fingerprint density at radius 1 is 1.28 bits per heavy atom. The number of fused-ring (bicyclic) bond motifs is 5. The molecular formula is C20H25N3OS. The summed E-state index contributed by atoms with van der Waals surface area (Å²) in [6.45, 7) is 2.65. The highest BCUT2D eigenvalue weighted by Gasteiger charge is 2.52. The molecule has 132 valence electrons. The van der Waals surface area contributed by atoms with Crippen LogP contribution in [-0.4, -0.2) is 24.0 Å². The van der Waals surface area contributed by atoms with Crippen LogP contribution in [0, 0.1) is 23.7 Å². The fourth-order valence-corrected chi connectivity index (χ4v) is 5.10. The van der Waals surface area contributed by atoms with Crippen molar-refractivity contribution < 1.29 is 4.74 Å². The van der Waals surface area contributed by atoms with E-state index in [0.29, 0.717) is 17.8 Å².